The van der Waals surface area contributed by atoms with Gasteiger partial charge in [0.25, 0.3) is 0 Å². The molecule has 0 spiro atoms. The second kappa shape index (κ2) is 15.0. The Balaban J connectivity index is 0.955. The van der Waals surface area contributed by atoms with Crippen molar-refractivity contribution >= 4 is 49.8 Å². The van der Waals surface area contributed by atoms with E-state index in [9.17, 15) is 0 Å². The van der Waals surface area contributed by atoms with Gasteiger partial charge in [-0.3, -0.25) is 0 Å². The molecule has 2 aromatic heterocycles. The first-order valence-corrected chi connectivity index (χ1v) is 20.2. The molecule has 11 rings (SSSR count). The van der Waals surface area contributed by atoms with Crippen LogP contribution in [0.1, 0.15) is 0 Å². The molecular weight excluding hydrogens is 731 g/mol. The van der Waals surface area contributed by atoms with Crippen LogP contribution in [0.25, 0.3) is 88.9 Å². The summed E-state index contributed by atoms with van der Waals surface area (Å²) < 4.78 is 6.62. The fraction of sp³-hybridized carbons (Fsp3) is 0. The van der Waals surface area contributed by atoms with Gasteiger partial charge in [0.2, 0.25) is 0 Å². The highest BCUT2D eigenvalue weighted by Gasteiger charge is 2.18. The van der Waals surface area contributed by atoms with Gasteiger partial charge in [0.1, 0.15) is 11.2 Å². The van der Waals surface area contributed by atoms with Crippen molar-refractivity contribution in [1.29, 1.82) is 0 Å². The minimum atomic E-state index is 0.704. The van der Waals surface area contributed by atoms with E-state index >= 15 is 0 Å². The summed E-state index contributed by atoms with van der Waals surface area (Å²) in [7, 11) is 0. The molecule has 0 fully saturated rings. The molecule has 0 saturated carbocycles. The molecule has 282 valence electrons. The Hall–Kier alpha value is -8.08. The molecular formula is C56H37N3O. The van der Waals surface area contributed by atoms with Crippen molar-refractivity contribution < 1.29 is 4.42 Å². The number of anilines is 3. The fourth-order valence-corrected chi connectivity index (χ4v) is 8.37. The molecule has 60 heavy (non-hydrogen) atoms. The molecule has 0 bridgehead atoms. The number of rotatable bonds is 8. The lowest BCUT2D eigenvalue weighted by atomic mass is 9.96. The molecule has 0 amide bonds. The molecule has 4 nitrogen and oxygen atoms in total. The van der Waals surface area contributed by atoms with Crippen LogP contribution in [0.2, 0.25) is 0 Å². The summed E-state index contributed by atoms with van der Waals surface area (Å²) >= 11 is 0. The van der Waals surface area contributed by atoms with Gasteiger partial charge in [-0.2, -0.15) is 0 Å². The van der Waals surface area contributed by atoms with E-state index in [-0.39, 0.29) is 0 Å². The van der Waals surface area contributed by atoms with Crippen molar-refractivity contribution in [2.45, 2.75) is 0 Å². The molecule has 0 radical (unpaired) electrons. The van der Waals surface area contributed by atoms with Gasteiger partial charge in [-0.05, 0) is 82.2 Å². The lowest BCUT2D eigenvalue weighted by Gasteiger charge is -2.27. The molecule has 0 atom stereocenters. The zero-order chi connectivity index (χ0) is 39.8. The van der Waals surface area contributed by atoms with Crippen LogP contribution in [-0.4, -0.2) is 9.97 Å². The normalized spacial score (nSPS) is 11.3. The second-order valence-electron chi connectivity index (χ2n) is 15.0. The standard InChI is InChI=1S/C56H37N3O/c1-4-16-40(17-5-1)50-37-51(58-56(57-50)42-18-6-2-7-19-42)41-31-29-39(30-32-41)48-26-14-28-53-55(48)49-34-33-44(36-54(49)60-53)43-21-12-24-46(35-43)59(45-22-8-3-9-23-45)52-27-13-20-38-15-10-11-25-47(38)52/h1-37H. The summed E-state index contributed by atoms with van der Waals surface area (Å²) in [5.74, 6) is 0.704. The minimum Gasteiger partial charge on any atom is -0.456 e. The maximum atomic E-state index is 6.62. The largest absolute Gasteiger partial charge is 0.456 e. The molecule has 9 aromatic carbocycles. The molecule has 11 aromatic rings. The lowest BCUT2D eigenvalue weighted by Crippen LogP contribution is -2.10. The number of hydrogen-bond donors (Lipinski definition) is 0. The highest BCUT2D eigenvalue weighted by Crippen LogP contribution is 2.42. The van der Waals surface area contributed by atoms with Gasteiger partial charge in [0.15, 0.2) is 5.82 Å². The van der Waals surface area contributed by atoms with Crippen molar-refractivity contribution in [2.75, 3.05) is 4.90 Å². The molecule has 0 N–H and O–H groups in total. The Bertz CT molecular complexity index is 3240. The summed E-state index contributed by atoms with van der Waals surface area (Å²) in [6.45, 7) is 0. The highest BCUT2D eigenvalue weighted by atomic mass is 16.3. The zero-order valence-electron chi connectivity index (χ0n) is 32.6. The Labute approximate surface area is 348 Å². The summed E-state index contributed by atoms with van der Waals surface area (Å²) in [6, 6.07) is 78.6. The Morgan fingerprint density at radius 1 is 0.350 bits per heavy atom. The Morgan fingerprint density at radius 2 is 0.917 bits per heavy atom. The molecule has 0 aliphatic rings. The first-order chi connectivity index (χ1) is 29.7. The smallest absolute Gasteiger partial charge is 0.160 e. The second-order valence-corrected chi connectivity index (χ2v) is 15.0. The minimum absolute atomic E-state index is 0.704. The van der Waals surface area contributed by atoms with Gasteiger partial charge in [-0.15, -0.1) is 0 Å². The Morgan fingerprint density at radius 3 is 1.70 bits per heavy atom. The molecule has 4 heteroatoms. The SMILES string of the molecule is c1ccc(-c2cc(-c3ccc(-c4cccc5oc6cc(-c7cccc(N(c8ccccc8)c8cccc9ccccc89)c7)ccc6c45)cc3)nc(-c3ccccc3)n2)cc1. The van der Waals surface area contributed by atoms with E-state index in [0.29, 0.717) is 5.82 Å². The molecule has 0 aliphatic heterocycles. The number of aromatic nitrogens is 2. The first kappa shape index (κ1) is 35.1. The van der Waals surface area contributed by atoms with Gasteiger partial charge < -0.3 is 9.32 Å². The van der Waals surface area contributed by atoms with Crippen molar-refractivity contribution in [2.24, 2.45) is 0 Å². The van der Waals surface area contributed by atoms with Crippen LogP contribution in [-0.2, 0) is 0 Å². The monoisotopic (exact) mass is 767 g/mol. The third-order valence-corrected chi connectivity index (χ3v) is 11.3. The van der Waals surface area contributed by atoms with Crippen LogP contribution >= 0.6 is 0 Å². The van der Waals surface area contributed by atoms with Gasteiger partial charge in [0.05, 0.1) is 17.1 Å². The zero-order valence-corrected chi connectivity index (χ0v) is 32.6. The maximum Gasteiger partial charge on any atom is 0.160 e. The number of nitrogens with zero attached hydrogens (tertiary/aromatic N) is 3. The van der Waals surface area contributed by atoms with Crippen molar-refractivity contribution in [3.63, 3.8) is 0 Å². The molecule has 2 heterocycles. The van der Waals surface area contributed by atoms with E-state index in [1.807, 2.05) is 36.4 Å². The van der Waals surface area contributed by atoms with Crippen LogP contribution in [0.5, 0.6) is 0 Å². The Kier molecular flexibility index (Phi) is 8.79. The van der Waals surface area contributed by atoms with Gasteiger partial charge in [-0.1, -0.05) is 170 Å². The van der Waals surface area contributed by atoms with Gasteiger partial charge >= 0.3 is 0 Å². The van der Waals surface area contributed by atoms with E-state index in [4.69, 9.17) is 14.4 Å². The van der Waals surface area contributed by atoms with Crippen molar-refractivity contribution in [3.8, 4) is 56.2 Å². The van der Waals surface area contributed by atoms with Crippen LogP contribution in [0.3, 0.4) is 0 Å². The van der Waals surface area contributed by atoms with E-state index in [0.717, 1.165) is 89.3 Å². The third kappa shape index (κ3) is 6.47. The summed E-state index contributed by atoms with van der Waals surface area (Å²) in [4.78, 5) is 12.4. The number of fused-ring (bicyclic) bond motifs is 4. The number of hydrogen-bond acceptors (Lipinski definition) is 4. The maximum absolute atomic E-state index is 6.62. The molecule has 0 saturated heterocycles. The topological polar surface area (TPSA) is 42.2 Å². The van der Waals surface area contributed by atoms with Crippen LogP contribution in [0, 0.1) is 0 Å². The summed E-state index contributed by atoms with van der Waals surface area (Å²) in [6.07, 6.45) is 0. The van der Waals surface area contributed by atoms with E-state index in [2.05, 4.69) is 193 Å². The lowest BCUT2D eigenvalue weighted by molar-refractivity contribution is 0.669. The fourth-order valence-electron chi connectivity index (χ4n) is 8.37. The average molecular weight is 768 g/mol. The average Bonchev–Trinajstić information content (AvgIpc) is 3.71. The van der Waals surface area contributed by atoms with Gasteiger partial charge in [0, 0.05) is 44.2 Å². The predicted octanol–water partition coefficient (Wildman–Crippen LogP) is 15.3. The van der Waals surface area contributed by atoms with Crippen molar-refractivity contribution in [1.82, 2.24) is 9.97 Å². The first-order valence-electron chi connectivity index (χ1n) is 20.2. The van der Waals surface area contributed by atoms with Crippen LogP contribution in [0.4, 0.5) is 17.1 Å². The van der Waals surface area contributed by atoms with Crippen LogP contribution in [0.15, 0.2) is 229 Å². The van der Waals surface area contributed by atoms with Crippen molar-refractivity contribution in [3.05, 3.63) is 224 Å². The number of para-hydroxylation sites is 1. The van der Waals surface area contributed by atoms with Gasteiger partial charge in [-0.25, -0.2) is 9.97 Å². The molecule has 0 aliphatic carbocycles. The van der Waals surface area contributed by atoms with E-state index < -0.39 is 0 Å². The predicted molar refractivity (Wildman–Crippen MR) is 249 cm³/mol. The van der Waals surface area contributed by atoms with E-state index in [1.54, 1.807) is 0 Å². The summed E-state index contributed by atoms with van der Waals surface area (Å²) in [5.41, 5.74) is 14.3. The molecule has 0 unspecified atom stereocenters. The quantitative estimate of drug-likeness (QED) is 0.154. The van der Waals surface area contributed by atoms with E-state index in [1.165, 1.54) is 10.8 Å². The highest BCUT2D eigenvalue weighted by molar-refractivity contribution is 6.13. The number of benzene rings is 9. The third-order valence-electron chi connectivity index (χ3n) is 11.3. The van der Waals surface area contributed by atoms with Crippen LogP contribution < -0.4 is 4.90 Å². The summed E-state index contributed by atoms with van der Waals surface area (Å²) in [5, 5.41) is 4.60. The number of furan rings is 1.